The van der Waals surface area contributed by atoms with Crippen molar-refractivity contribution in [2.75, 3.05) is 27.2 Å². The average molecular weight is 269 g/mol. The number of likely N-dealkylation sites (tertiary alicyclic amines) is 1. The molecule has 1 saturated carbocycles. The Morgan fingerprint density at radius 1 is 1.26 bits per heavy atom. The fourth-order valence-corrected chi connectivity index (χ4v) is 3.17. The maximum Gasteiger partial charge on any atom is 0.317 e. The van der Waals surface area contributed by atoms with E-state index < -0.39 is 0 Å². The van der Waals surface area contributed by atoms with Crippen LogP contribution in [0.4, 0.5) is 4.79 Å². The SMILES string of the molecule is CN(C)C1CCCC(NC(=O)N2CCCC(O)C2)C1. The molecule has 5 nitrogen and oxygen atoms in total. The number of rotatable bonds is 2. The predicted molar refractivity (Wildman–Crippen MR) is 75.1 cm³/mol. The Balaban J connectivity index is 1.81. The average Bonchev–Trinajstić information content (AvgIpc) is 2.39. The van der Waals surface area contributed by atoms with Crippen LogP contribution in [-0.4, -0.2) is 66.3 Å². The quantitative estimate of drug-likeness (QED) is 0.787. The van der Waals surface area contributed by atoms with Crippen molar-refractivity contribution in [1.82, 2.24) is 15.1 Å². The minimum atomic E-state index is -0.347. The van der Waals surface area contributed by atoms with Gasteiger partial charge in [-0.3, -0.25) is 0 Å². The fourth-order valence-electron chi connectivity index (χ4n) is 3.17. The van der Waals surface area contributed by atoms with Crippen LogP contribution in [0.15, 0.2) is 0 Å². The predicted octanol–water partition coefficient (Wildman–Crippen LogP) is 1.03. The molecule has 1 heterocycles. The highest BCUT2D eigenvalue weighted by atomic mass is 16.3. The standard InChI is InChI=1S/C14H27N3O2/c1-16(2)12-6-3-5-11(9-12)15-14(19)17-8-4-7-13(18)10-17/h11-13,18H,3-10H2,1-2H3,(H,15,19). The summed E-state index contributed by atoms with van der Waals surface area (Å²) in [6.45, 7) is 1.25. The summed E-state index contributed by atoms with van der Waals surface area (Å²) in [6.07, 6.45) is 5.88. The molecule has 0 radical (unpaired) electrons. The van der Waals surface area contributed by atoms with Gasteiger partial charge in [-0.2, -0.15) is 0 Å². The molecule has 2 fully saturated rings. The Kier molecular flexibility index (Phi) is 5.05. The minimum absolute atomic E-state index is 0.00292. The van der Waals surface area contributed by atoms with Gasteiger partial charge in [-0.15, -0.1) is 0 Å². The monoisotopic (exact) mass is 269 g/mol. The molecular weight excluding hydrogens is 242 g/mol. The highest BCUT2D eigenvalue weighted by Gasteiger charge is 2.27. The van der Waals surface area contributed by atoms with Gasteiger partial charge in [0.05, 0.1) is 6.10 Å². The van der Waals surface area contributed by atoms with Gasteiger partial charge in [-0.05, 0) is 52.6 Å². The number of carbonyl (C=O) groups excluding carboxylic acids is 1. The summed E-state index contributed by atoms with van der Waals surface area (Å²) in [6, 6.07) is 0.863. The summed E-state index contributed by atoms with van der Waals surface area (Å²) in [5, 5.41) is 12.8. The Bertz CT molecular complexity index is 309. The van der Waals surface area contributed by atoms with E-state index in [1.807, 2.05) is 0 Å². The molecule has 0 spiro atoms. The van der Waals surface area contributed by atoms with E-state index in [0.717, 1.165) is 32.2 Å². The Hall–Kier alpha value is -0.810. The normalized spacial score (nSPS) is 32.4. The van der Waals surface area contributed by atoms with E-state index in [4.69, 9.17) is 0 Å². The van der Waals surface area contributed by atoms with Gasteiger partial charge < -0.3 is 20.2 Å². The summed E-state index contributed by atoms with van der Waals surface area (Å²) >= 11 is 0. The van der Waals surface area contributed by atoms with Crippen LogP contribution in [0.5, 0.6) is 0 Å². The third kappa shape index (κ3) is 4.08. The van der Waals surface area contributed by atoms with Gasteiger partial charge in [-0.1, -0.05) is 0 Å². The van der Waals surface area contributed by atoms with Crippen LogP contribution in [0.25, 0.3) is 0 Å². The zero-order valence-corrected chi connectivity index (χ0v) is 12.1. The number of aliphatic hydroxyl groups is 1. The number of carbonyl (C=O) groups is 1. The molecule has 1 aliphatic carbocycles. The van der Waals surface area contributed by atoms with Gasteiger partial charge in [0.1, 0.15) is 0 Å². The lowest BCUT2D eigenvalue weighted by atomic mass is 9.90. The molecule has 0 aromatic rings. The van der Waals surface area contributed by atoms with Crippen molar-refractivity contribution in [1.29, 1.82) is 0 Å². The zero-order valence-electron chi connectivity index (χ0n) is 12.1. The topological polar surface area (TPSA) is 55.8 Å². The van der Waals surface area contributed by atoms with Crippen LogP contribution in [-0.2, 0) is 0 Å². The van der Waals surface area contributed by atoms with Gasteiger partial charge in [0.25, 0.3) is 0 Å². The number of β-amino-alcohol motifs (C(OH)–C–C–N with tert-alkyl or cyclic N) is 1. The van der Waals surface area contributed by atoms with Crippen LogP contribution in [0.2, 0.25) is 0 Å². The Labute approximate surface area is 115 Å². The summed E-state index contributed by atoms with van der Waals surface area (Å²) in [5.41, 5.74) is 0. The Morgan fingerprint density at radius 2 is 2.05 bits per heavy atom. The van der Waals surface area contributed by atoms with Crippen molar-refractivity contribution >= 4 is 6.03 Å². The molecule has 2 N–H and O–H groups in total. The van der Waals surface area contributed by atoms with Gasteiger partial charge in [0.15, 0.2) is 0 Å². The van der Waals surface area contributed by atoms with Crippen molar-refractivity contribution in [3.05, 3.63) is 0 Å². The molecule has 2 aliphatic rings. The molecule has 5 heteroatoms. The fraction of sp³-hybridized carbons (Fsp3) is 0.929. The third-order valence-corrected chi connectivity index (χ3v) is 4.39. The van der Waals surface area contributed by atoms with Crippen LogP contribution in [0.1, 0.15) is 38.5 Å². The zero-order chi connectivity index (χ0) is 13.8. The van der Waals surface area contributed by atoms with Gasteiger partial charge in [-0.25, -0.2) is 4.79 Å². The highest BCUT2D eigenvalue weighted by molar-refractivity contribution is 5.74. The number of hydrogen-bond acceptors (Lipinski definition) is 3. The van der Waals surface area contributed by atoms with Crippen molar-refractivity contribution in [2.24, 2.45) is 0 Å². The first kappa shape index (κ1) is 14.6. The third-order valence-electron chi connectivity index (χ3n) is 4.39. The first-order chi connectivity index (χ1) is 9.06. The summed E-state index contributed by atoms with van der Waals surface area (Å²) < 4.78 is 0. The van der Waals surface area contributed by atoms with Crippen molar-refractivity contribution < 1.29 is 9.90 Å². The van der Waals surface area contributed by atoms with E-state index in [0.29, 0.717) is 12.6 Å². The highest BCUT2D eigenvalue weighted by Crippen LogP contribution is 2.22. The summed E-state index contributed by atoms with van der Waals surface area (Å²) in [7, 11) is 4.21. The van der Waals surface area contributed by atoms with Crippen molar-refractivity contribution in [2.45, 2.75) is 56.7 Å². The molecule has 2 rings (SSSR count). The molecule has 1 aliphatic heterocycles. The molecule has 19 heavy (non-hydrogen) atoms. The number of urea groups is 1. The van der Waals surface area contributed by atoms with E-state index in [2.05, 4.69) is 24.3 Å². The van der Waals surface area contributed by atoms with Crippen molar-refractivity contribution in [3.8, 4) is 0 Å². The lowest BCUT2D eigenvalue weighted by molar-refractivity contribution is 0.0818. The van der Waals surface area contributed by atoms with Gasteiger partial charge >= 0.3 is 6.03 Å². The van der Waals surface area contributed by atoms with Crippen molar-refractivity contribution in [3.63, 3.8) is 0 Å². The maximum atomic E-state index is 12.2. The molecule has 0 aromatic carbocycles. The van der Waals surface area contributed by atoms with Crippen LogP contribution in [0, 0.1) is 0 Å². The van der Waals surface area contributed by atoms with E-state index >= 15 is 0 Å². The molecule has 0 aromatic heterocycles. The van der Waals surface area contributed by atoms with E-state index in [1.54, 1.807) is 4.90 Å². The molecule has 2 amide bonds. The number of hydrogen-bond donors (Lipinski definition) is 2. The molecule has 110 valence electrons. The van der Waals surface area contributed by atoms with E-state index in [9.17, 15) is 9.90 Å². The van der Waals surface area contributed by atoms with Gasteiger partial charge in [0.2, 0.25) is 0 Å². The lowest BCUT2D eigenvalue weighted by Gasteiger charge is -2.36. The molecule has 3 atom stereocenters. The summed E-state index contributed by atoms with van der Waals surface area (Å²) in [5.74, 6) is 0. The largest absolute Gasteiger partial charge is 0.391 e. The maximum absolute atomic E-state index is 12.2. The number of nitrogens with one attached hydrogen (secondary N) is 1. The molecule has 1 saturated heterocycles. The second-order valence-electron chi connectivity index (χ2n) is 6.17. The number of aliphatic hydroxyl groups excluding tert-OH is 1. The molecule has 3 unspecified atom stereocenters. The molecular formula is C14H27N3O2. The number of amides is 2. The first-order valence-electron chi connectivity index (χ1n) is 7.46. The van der Waals surface area contributed by atoms with Crippen LogP contribution >= 0.6 is 0 Å². The van der Waals surface area contributed by atoms with E-state index in [1.165, 1.54) is 12.8 Å². The van der Waals surface area contributed by atoms with Gasteiger partial charge in [0, 0.05) is 25.2 Å². The smallest absolute Gasteiger partial charge is 0.317 e. The second-order valence-corrected chi connectivity index (χ2v) is 6.17. The molecule has 0 bridgehead atoms. The number of piperidine rings is 1. The second kappa shape index (κ2) is 6.57. The van der Waals surface area contributed by atoms with E-state index in [-0.39, 0.29) is 18.2 Å². The summed E-state index contributed by atoms with van der Waals surface area (Å²) in [4.78, 5) is 16.2. The van der Waals surface area contributed by atoms with Crippen LogP contribution < -0.4 is 5.32 Å². The lowest BCUT2D eigenvalue weighted by Crippen LogP contribution is -2.51. The Morgan fingerprint density at radius 3 is 2.74 bits per heavy atom. The van der Waals surface area contributed by atoms with Crippen LogP contribution in [0.3, 0.4) is 0 Å². The number of nitrogens with zero attached hydrogens (tertiary/aromatic N) is 2. The minimum Gasteiger partial charge on any atom is -0.391 e. The first-order valence-corrected chi connectivity index (χ1v) is 7.46.